The van der Waals surface area contributed by atoms with Gasteiger partial charge in [0.25, 0.3) is 5.91 Å². The maximum Gasteiger partial charge on any atom is 0.328 e. The van der Waals surface area contributed by atoms with Gasteiger partial charge in [-0.05, 0) is 24.5 Å². The summed E-state index contributed by atoms with van der Waals surface area (Å²) in [5.41, 5.74) is 1.17. The first kappa shape index (κ1) is 16.7. The number of aliphatic carboxylic acids is 1. The number of hydrogen-bond donors (Lipinski definition) is 2. The van der Waals surface area contributed by atoms with Crippen LogP contribution in [0.5, 0.6) is 0 Å². The lowest BCUT2D eigenvalue weighted by Crippen LogP contribution is -2.43. The van der Waals surface area contributed by atoms with Crippen molar-refractivity contribution in [1.82, 2.24) is 5.32 Å². The van der Waals surface area contributed by atoms with E-state index in [-0.39, 0.29) is 12.5 Å². The molecule has 20 heavy (non-hydrogen) atoms. The third-order valence-corrected chi connectivity index (χ3v) is 4.15. The molecule has 0 aliphatic rings. The van der Waals surface area contributed by atoms with Crippen molar-refractivity contribution in [2.75, 3.05) is 13.7 Å². The quantitative estimate of drug-likeness (QED) is 0.770. The standard InChI is InChI=1S/C14H21NO4S/c1-4-6-11-9(5-2)7-12(20-11)13(16)15-10(8-19-3)14(17)18/h7,10H,4-6,8H2,1-3H3,(H,15,16)(H,17,18). The maximum atomic E-state index is 12.1. The predicted molar refractivity (Wildman–Crippen MR) is 78.5 cm³/mol. The highest BCUT2D eigenvalue weighted by molar-refractivity contribution is 7.14. The van der Waals surface area contributed by atoms with Crippen molar-refractivity contribution >= 4 is 23.2 Å². The van der Waals surface area contributed by atoms with E-state index in [9.17, 15) is 9.59 Å². The number of thiophene rings is 1. The van der Waals surface area contributed by atoms with Gasteiger partial charge in [0.2, 0.25) is 0 Å². The first-order chi connectivity index (χ1) is 9.53. The molecule has 0 saturated carbocycles. The molecule has 0 aliphatic heterocycles. The SMILES string of the molecule is CCCc1sc(C(=O)NC(COC)C(=O)O)cc1CC. The number of ether oxygens (including phenoxy) is 1. The molecule has 0 saturated heterocycles. The van der Waals surface area contributed by atoms with Crippen molar-refractivity contribution in [2.45, 2.75) is 39.2 Å². The van der Waals surface area contributed by atoms with E-state index in [0.717, 1.165) is 19.3 Å². The number of methoxy groups -OCH3 is 1. The lowest BCUT2D eigenvalue weighted by molar-refractivity contribution is -0.140. The van der Waals surface area contributed by atoms with Crippen LogP contribution in [0.4, 0.5) is 0 Å². The summed E-state index contributed by atoms with van der Waals surface area (Å²) in [6, 6.07) is 0.839. The van der Waals surface area contributed by atoms with Crippen LogP contribution in [0.2, 0.25) is 0 Å². The Kier molecular flexibility index (Phi) is 6.67. The summed E-state index contributed by atoms with van der Waals surface area (Å²) in [6.45, 7) is 4.10. The molecule has 6 heteroatoms. The van der Waals surface area contributed by atoms with E-state index >= 15 is 0 Å². The first-order valence-corrected chi connectivity index (χ1v) is 7.49. The molecule has 0 aromatic carbocycles. The molecule has 1 heterocycles. The Morgan fingerprint density at radius 1 is 1.45 bits per heavy atom. The van der Waals surface area contributed by atoms with Crippen molar-refractivity contribution in [3.8, 4) is 0 Å². The Labute approximate surface area is 123 Å². The summed E-state index contributed by atoms with van der Waals surface area (Å²) in [5.74, 6) is -1.45. The second kappa shape index (κ2) is 8.01. The fourth-order valence-corrected chi connectivity index (χ4v) is 3.15. The molecule has 0 bridgehead atoms. The highest BCUT2D eigenvalue weighted by Gasteiger charge is 2.22. The zero-order valence-electron chi connectivity index (χ0n) is 12.1. The molecule has 0 spiro atoms. The van der Waals surface area contributed by atoms with Crippen molar-refractivity contribution in [2.24, 2.45) is 0 Å². The van der Waals surface area contributed by atoms with Gasteiger partial charge in [-0.1, -0.05) is 20.3 Å². The summed E-state index contributed by atoms with van der Waals surface area (Å²) in [5, 5.41) is 11.5. The first-order valence-electron chi connectivity index (χ1n) is 6.67. The summed E-state index contributed by atoms with van der Waals surface area (Å²) >= 11 is 1.44. The van der Waals surface area contributed by atoms with Crippen molar-refractivity contribution in [1.29, 1.82) is 0 Å². The molecule has 112 valence electrons. The molecule has 2 N–H and O–H groups in total. The maximum absolute atomic E-state index is 12.1. The van der Waals surface area contributed by atoms with Crippen LogP contribution in [0.3, 0.4) is 0 Å². The molecular weight excluding hydrogens is 278 g/mol. The number of hydrogen-bond acceptors (Lipinski definition) is 4. The van der Waals surface area contributed by atoms with Crippen molar-refractivity contribution in [3.63, 3.8) is 0 Å². The molecule has 5 nitrogen and oxygen atoms in total. The van der Waals surface area contributed by atoms with Gasteiger partial charge in [-0.2, -0.15) is 0 Å². The molecule has 1 unspecified atom stereocenters. The third kappa shape index (κ3) is 4.31. The Morgan fingerprint density at radius 3 is 2.65 bits per heavy atom. The lowest BCUT2D eigenvalue weighted by atomic mass is 10.1. The fourth-order valence-electron chi connectivity index (χ4n) is 1.89. The van der Waals surface area contributed by atoms with E-state index in [1.54, 1.807) is 0 Å². The van der Waals surface area contributed by atoms with Crippen LogP contribution in [-0.2, 0) is 22.4 Å². The number of carbonyl (C=O) groups is 2. The van der Waals surface area contributed by atoms with Gasteiger partial charge in [0.05, 0.1) is 11.5 Å². The average Bonchev–Trinajstić information content (AvgIpc) is 2.81. The van der Waals surface area contributed by atoms with E-state index in [4.69, 9.17) is 9.84 Å². The Balaban J connectivity index is 2.83. The van der Waals surface area contributed by atoms with Crippen LogP contribution in [0, 0.1) is 0 Å². The van der Waals surface area contributed by atoms with E-state index in [0.29, 0.717) is 4.88 Å². The number of rotatable bonds is 8. The number of nitrogens with one attached hydrogen (secondary N) is 1. The van der Waals surface area contributed by atoms with E-state index in [1.807, 2.05) is 13.0 Å². The number of carbonyl (C=O) groups excluding carboxylic acids is 1. The van der Waals surface area contributed by atoms with Crippen LogP contribution in [0.15, 0.2) is 6.07 Å². The van der Waals surface area contributed by atoms with Crippen LogP contribution in [-0.4, -0.2) is 36.7 Å². The van der Waals surface area contributed by atoms with E-state index in [2.05, 4.69) is 12.2 Å². The molecule has 1 atom stereocenters. The Morgan fingerprint density at radius 2 is 2.15 bits per heavy atom. The number of aryl methyl sites for hydroxylation is 2. The topological polar surface area (TPSA) is 75.6 Å². The Bertz CT molecular complexity index is 470. The summed E-state index contributed by atoms with van der Waals surface area (Å²) in [7, 11) is 1.40. The average molecular weight is 299 g/mol. The van der Waals surface area contributed by atoms with Gasteiger partial charge in [0, 0.05) is 12.0 Å². The zero-order chi connectivity index (χ0) is 15.1. The molecule has 0 radical (unpaired) electrons. The summed E-state index contributed by atoms with van der Waals surface area (Å²) in [4.78, 5) is 24.9. The monoisotopic (exact) mass is 299 g/mol. The minimum atomic E-state index is -1.10. The smallest absolute Gasteiger partial charge is 0.328 e. The normalized spacial score (nSPS) is 12.2. The van der Waals surface area contributed by atoms with Gasteiger partial charge in [-0.25, -0.2) is 4.79 Å². The highest BCUT2D eigenvalue weighted by Crippen LogP contribution is 2.24. The highest BCUT2D eigenvalue weighted by atomic mass is 32.1. The molecule has 1 amide bonds. The van der Waals surface area contributed by atoms with Crippen LogP contribution < -0.4 is 5.32 Å². The van der Waals surface area contributed by atoms with Gasteiger partial charge in [-0.15, -0.1) is 11.3 Å². The zero-order valence-corrected chi connectivity index (χ0v) is 12.9. The van der Waals surface area contributed by atoms with Gasteiger partial charge in [-0.3, -0.25) is 4.79 Å². The predicted octanol–water partition coefficient (Wildman–Crippen LogP) is 2.09. The van der Waals surface area contributed by atoms with Gasteiger partial charge >= 0.3 is 5.97 Å². The summed E-state index contributed by atoms with van der Waals surface area (Å²) in [6.07, 6.45) is 2.84. The third-order valence-electron chi connectivity index (χ3n) is 2.92. The van der Waals surface area contributed by atoms with Crippen LogP contribution in [0.1, 0.15) is 40.4 Å². The molecule has 0 aliphatic carbocycles. The molecule has 1 aromatic heterocycles. The molecule has 1 aromatic rings. The minimum absolute atomic E-state index is 0.0467. The van der Waals surface area contributed by atoms with Crippen molar-refractivity contribution in [3.05, 3.63) is 21.4 Å². The number of carboxylic acid groups (broad SMARTS) is 1. The van der Waals surface area contributed by atoms with Gasteiger partial charge < -0.3 is 15.2 Å². The molecule has 0 fully saturated rings. The lowest BCUT2D eigenvalue weighted by Gasteiger charge is -2.12. The van der Waals surface area contributed by atoms with Crippen LogP contribution in [0.25, 0.3) is 0 Å². The second-order valence-corrected chi connectivity index (χ2v) is 5.62. The van der Waals surface area contributed by atoms with Gasteiger partial charge in [0.1, 0.15) is 0 Å². The number of amides is 1. The van der Waals surface area contributed by atoms with Crippen molar-refractivity contribution < 1.29 is 19.4 Å². The van der Waals surface area contributed by atoms with Crippen LogP contribution >= 0.6 is 11.3 Å². The van der Waals surface area contributed by atoms with Gasteiger partial charge in [0.15, 0.2) is 6.04 Å². The van der Waals surface area contributed by atoms with E-state index in [1.165, 1.54) is 28.9 Å². The Hall–Kier alpha value is -1.40. The molecule has 1 rings (SSSR count). The second-order valence-electron chi connectivity index (χ2n) is 4.48. The minimum Gasteiger partial charge on any atom is -0.480 e. The summed E-state index contributed by atoms with van der Waals surface area (Å²) < 4.78 is 4.80. The largest absolute Gasteiger partial charge is 0.480 e. The van der Waals surface area contributed by atoms with E-state index < -0.39 is 12.0 Å². The molecular formula is C14H21NO4S. The number of carboxylic acids is 1. The fraction of sp³-hybridized carbons (Fsp3) is 0.571.